The van der Waals surface area contributed by atoms with Gasteiger partial charge < -0.3 is 19.8 Å². The number of hydrogen-bond acceptors (Lipinski definition) is 4. The summed E-state index contributed by atoms with van der Waals surface area (Å²) in [6.07, 6.45) is 0. The van der Waals surface area contributed by atoms with E-state index in [2.05, 4.69) is 0 Å². The lowest BCUT2D eigenvalue weighted by Gasteiger charge is -2.18. The van der Waals surface area contributed by atoms with E-state index in [1.807, 2.05) is 60.7 Å². The summed E-state index contributed by atoms with van der Waals surface area (Å²) in [6, 6.07) is 19.0. The van der Waals surface area contributed by atoms with Gasteiger partial charge in [0.05, 0.1) is 5.56 Å². The van der Waals surface area contributed by atoms with Crippen molar-refractivity contribution in [2.45, 2.75) is 27.1 Å². The second-order valence-corrected chi connectivity index (χ2v) is 6.37. The van der Waals surface area contributed by atoms with E-state index in [1.54, 1.807) is 6.92 Å². The van der Waals surface area contributed by atoms with Gasteiger partial charge in [-0.05, 0) is 18.1 Å². The molecule has 0 fully saturated rings. The molecule has 2 aromatic carbocycles. The first-order valence-corrected chi connectivity index (χ1v) is 8.82. The minimum Gasteiger partial charge on any atom is -0.618 e. The first-order chi connectivity index (χ1) is 13.5. The monoisotopic (exact) mass is 379 g/mol. The van der Waals surface area contributed by atoms with Crippen LogP contribution in [0.2, 0.25) is 0 Å². The molecule has 0 unspecified atom stereocenters. The van der Waals surface area contributed by atoms with E-state index in [-0.39, 0.29) is 41.7 Å². The fourth-order valence-electron chi connectivity index (χ4n) is 2.90. The second kappa shape index (κ2) is 8.43. The molecule has 1 heterocycles. The molecule has 28 heavy (non-hydrogen) atoms. The Bertz CT molecular complexity index is 971. The van der Waals surface area contributed by atoms with Crippen molar-refractivity contribution in [3.63, 3.8) is 0 Å². The number of aromatic nitrogens is 1. The minimum absolute atomic E-state index is 0.141. The Labute approximate surface area is 163 Å². The Morgan fingerprint density at radius 1 is 0.893 bits per heavy atom. The smallest absolute Gasteiger partial charge is 0.403 e. The van der Waals surface area contributed by atoms with E-state index < -0.39 is 5.97 Å². The van der Waals surface area contributed by atoms with Crippen molar-refractivity contribution >= 4 is 5.97 Å². The quantitative estimate of drug-likeness (QED) is 0.499. The Kier molecular flexibility index (Phi) is 5.79. The standard InChI is InChI=1S/C22H21NO5/c1-15-19(22(24)25)23(26)16(2)21(28-14-18-11-7-4-8-12-18)20(15)27-13-17-9-5-3-6-10-17/h3-12H,13-14H2,1-2H3,(H,24,25). The number of rotatable bonds is 7. The third-order valence-electron chi connectivity index (χ3n) is 4.39. The maximum Gasteiger partial charge on any atom is 0.403 e. The summed E-state index contributed by atoms with van der Waals surface area (Å²) in [4.78, 5) is 11.6. The molecule has 0 saturated heterocycles. The number of carbonyl (C=O) groups is 1. The van der Waals surface area contributed by atoms with Gasteiger partial charge in [-0.3, -0.25) is 0 Å². The first-order valence-electron chi connectivity index (χ1n) is 8.82. The largest absolute Gasteiger partial charge is 0.618 e. The molecule has 1 aromatic heterocycles. The number of carboxylic acid groups (broad SMARTS) is 1. The maximum atomic E-state index is 12.5. The number of carboxylic acids is 1. The van der Waals surface area contributed by atoms with Crippen LogP contribution in [0.5, 0.6) is 11.5 Å². The van der Waals surface area contributed by atoms with E-state index in [9.17, 15) is 15.1 Å². The van der Waals surface area contributed by atoms with Crippen molar-refractivity contribution in [3.05, 3.63) is 93.9 Å². The molecule has 3 aromatic rings. The zero-order chi connectivity index (χ0) is 20.1. The third kappa shape index (κ3) is 4.06. The molecule has 0 bridgehead atoms. The lowest BCUT2D eigenvalue weighted by atomic mass is 10.1. The molecule has 0 aliphatic carbocycles. The van der Waals surface area contributed by atoms with Gasteiger partial charge in [0, 0.05) is 6.92 Å². The van der Waals surface area contributed by atoms with Gasteiger partial charge in [0.1, 0.15) is 13.2 Å². The van der Waals surface area contributed by atoms with E-state index >= 15 is 0 Å². The highest BCUT2D eigenvalue weighted by atomic mass is 16.5. The van der Waals surface area contributed by atoms with Crippen LogP contribution in [0.15, 0.2) is 60.7 Å². The molecule has 144 valence electrons. The molecule has 0 radical (unpaired) electrons. The van der Waals surface area contributed by atoms with Crippen LogP contribution >= 0.6 is 0 Å². The average Bonchev–Trinajstić information content (AvgIpc) is 2.70. The topological polar surface area (TPSA) is 82.7 Å². The highest BCUT2D eigenvalue weighted by Crippen LogP contribution is 2.35. The number of hydrogen-bond donors (Lipinski definition) is 1. The van der Waals surface area contributed by atoms with Crippen LogP contribution in [0.1, 0.15) is 32.9 Å². The third-order valence-corrected chi connectivity index (χ3v) is 4.39. The molecule has 6 heteroatoms. The fraction of sp³-hybridized carbons (Fsp3) is 0.182. The van der Waals surface area contributed by atoms with Crippen LogP contribution in [-0.4, -0.2) is 11.1 Å². The van der Waals surface area contributed by atoms with E-state index in [1.165, 1.54) is 6.92 Å². The van der Waals surface area contributed by atoms with Crippen molar-refractivity contribution in [3.8, 4) is 11.5 Å². The normalized spacial score (nSPS) is 10.5. The van der Waals surface area contributed by atoms with Crippen LogP contribution in [0, 0.1) is 19.1 Å². The highest BCUT2D eigenvalue weighted by Gasteiger charge is 2.30. The molecule has 0 aliphatic heterocycles. The minimum atomic E-state index is -1.31. The van der Waals surface area contributed by atoms with Crippen molar-refractivity contribution in [2.75, 3.05) is 0 Å². The number of ether oxygens (including phenoxy) is 2. The second-order valence-electron chi connectivity index (χ2n) is 6.37. The Morgan fingerprint density at radius 2 is 1.36 bits per heavy atom. The molecule has 0 spiro atoms. The van der Waals surface area contributed by atoms with Crippen molar-refractivity contribution in [2.24, 2.45) is 0 Å². The maximum absolute atomic E-state index is 12.5. The van der Waals surface area contributed by atoms with Gasteiger partial charge in [0.15, 0.2) is 5.75 Å². The lowest BCUT2D eigenvalue weighted by Crippen LogP contribution is -2.39. The van der Waals surface area contributed by atoms with Gasteiger partial charge >= 0.3 is 11.7 Å². The predicted molar refractivity (Wildman–Crippen MR) is 103 cm³/mol. The number of benzene rings is 2. The number of pyridine rings is 1. The van der Waals surface area contributed by atoms with Gasteiger partial charge in [-0.15, -0.1) is 0 Å². The Hall–Kier alpha value is -3.54. The molecule has 0 saturated carbocycles. The van der Waals surface area contributed by atoms with Crippen molar-refractivity contribution in [1.82, 2.24) is 0 Å². The molecule has 1 N–H and O–H groups in total. The van der Waals surface area contributed by atoms with E-state index in [0.29, 0.717) is 4.73 Å². The molecular weight excluding hydrogens is 358 g/mol. The number of nitrogens with zero attached hydrogens (tertiary/aromatic N) is 1. The Morgan fingerprint density at radius 3 is 1.82 bits per heavy atom. The predicted octanol–water partition coefficient (Wildman–Crippen LogP) is 3.79. The van der Waals surface area contributed by atoms with Crippen LogP contribution in [0.25, 0.3) is 0 Å². The number of aromatic carboxylic acids is 1. The van der Waals surface area contributed by atoms with Crippen LogP contribution in [0.3, 0.4) is 0 Å². The van der Waals surface area contributed by atoms with Gasteiger partial charge in [-0.2, -0.15) is 4.73 Å². The Balaban J connectivity index is 1.98. The summed E-state index contributed by atoms with van der Waals surface area (Å²) in [5, 5.41) is 22.0. The summed E-state index contributed by atoms with van der Waals surface area (Å²) >= 11 is 0. The average molecular weight is 379 g/mol. The molecular formula is C22H21NO5. The van der Waals surface area contributed by atoms with Crippen LogP contribution in [-0.2, 0) is 13.2 Å². The fourth-order valence-corrected chi connectivity index (χ4v) is 2.90. The zero-order valence-corrected chi connectivity index (χ0v) is 15.7. The molecule has 6 nitrogen and oxygen atoms in total. The molecule has 0 amide bonds. The van der Waals surface area contributed by atoms with Crippen molar-refractivity contribution < 1.29 is 24.1 Å². The summed E-state index contributed by atoms with van der Waals surface area (Å²) in [5.41, 5.74) is 1.85. The SMILES string of the molecule is Cc1c(OCc2ccccc2)c(OCc2ccccc2)c(C)[n+]([O-])c1C(=O)O. The van der Waals surface area contributed by atoms with E-state index in [0.717, 1.165) is 11.1 Å². The van der Waals surface area contributed by atoms with Crippen LogP contribution < -0.4 is 14.2 Å². The van der Waals surface area contributed by atoms with Gasteiger partial charge in [-0.1, -0.05) is 60.7 Å². The summed E-state index contributed by atoms with van der Waals surface area (Å²) < 4.78 is 12.2. The zero-order valence-electron chi connectivity index (χ0n) is 15.7. The molecule has 0 aliphatic rings. The van der Waals surface area contributed by atoms with E-state index in [4.69, 9.17) is 9.47 Å². The van der Waals surface area contributed by atoms with Gasteiger partial charge in [-0.25, -0.2) is 4.79 Å². The highest BCUT2D eigenvalue weighted by molar-refractivity contribution is 5.86. The van der Waals surface area contributed by atoms with Crippen LogP contribution in [0.4, 0.5) is 0 Å². The molecule has 3 rings (SSSR count). The first kappa shape index (κ1) is 19.2. The lowest BCUT2D eigenvalue weighted by molar-refractivity contribution is -0.616. The van der Waals surface area contributed by atoms with Gasteiger partial charge in [0.2, 0.25) is 11.4 Å². The summed E-state index contributed by atoms with van der Waals surface area (Å²) in [5.74, 6) is -0.797. The van der Waals surface area contributed by atoms with Gasteiger partial charge in [0.25, 0.3) is 0 Å². The summed E-state index contributed by atoms with van der Waals surface area (Å²) in [6.45, 7) is 3.53. The molecule has 0 atom stereocenters. The summed E-state index contributed by atoms with van der Waals surface area (Å²) in [7, 11) is 0. The van der Waals surface area contributed by atoms with Crippen molar-refractivity contribution in [1.29, 1.82) is 0 Å².